The van der Waals surface area contributed by atoms with Crippen molar-refractivity contribution in [3.8, 4) is 23.0 Å². The molecule has 0 bridgehead atoms. The number of hydrogen-bond acceptors (Lipinski definition) is 7. The van der Waals surface area contributed by atoms with Gasteiger partial charge in [-0.25, -0.2) is 14.4 Å². The number of amides is 3. The molecule has 3 amide bonds. The van der Waals surface area contributed by atoms with Gasteiger partial charge in [-0.15, -0.1) is 0 Å². The maximum atomic E-state index is 11.2. The maximum Gasteiger partial charge on any atom is 0.412 e. The molecule has 0 unspecified atom stereocenters. The van der Waals surface area contributed by atoms with Crippen LogP contribution in [-0.2, 0) is 12.8 Å². The molecule has 0 radical (unpaired) electrons. The van der Waals surface area contributed by atoms with Crippen molar-refractivity contribution in [3.05, 3.63) is 47.5 Å². The summed E-state index contributed by atoms with van der Waals surface area (Å²) in [6, 6.07) is 11.2. The molecule has 0 aliphatic carbocycles. The largest absolute Gasteiger partial charge is 0.483 e. The Hall–Kier alpha value is -4.15. The van der Waals surface area contributed by atoms with E-state index in [1.54, 1.807) is 12.1 Å². The molecule has 4 rings (SSSR count). The molecule has 196 valence electrons. The Morgan fingerprint density at radius 1 is 0.806 bits per heavy atom. The first-order chi connectivity index (χ1) is 16.8. The van der Waals surface area contributed by atoms with Crippen molar-refractivity contribution < 1.29 is 38.4 Å². The lowest BCUT2D eigenvalue weighted by atomic mass is 10.0. The third-order valence-electron chi connectivity index (χ3n) is 4.92. The second kappa shape index (κ2) is 11.5. The van der Waals surface area contributed by atoms with Gasteiger partial charge in [0.2, 0.25) is 0 Å². The van der Waals surface area contributed by atoms with E-state index < -0.39 is 18.3 Å². The van der Waals surface area contributed by atoms with E-state index in [1.165, 1.54) is 14.1 Å². The SMILES string of the molecule is CNC(=O)Oc1cccc2c1OC(C)(C)C2.CNC(=O)Oc1cccc2c1OC(C)(C)C2.NC(=O)O. The molecule has 2 aromatic rings. The number of primary amides is 1. The average molecular weight is 504 g/mol. The Morgan fingerprint density at radius 3 is 1.44 bits per heavy atom. The molecule has 11 nitrogen and oxygen atoms in total. The van der Waals surface area contributed by atoms with Gasteiger partial charge >= 0.3 is 18.3 Å². The Bertz CT molecular complexity index is 1030. The van der Waals surface area contributed by atoms with Gasteiger partial charge in [-0.2, -0.15) is 0 Å². The van der Waals surface area contributed by atoms with E-state index in [0.29, 0.717) is 23.0 Å². The summed E-state index contributed by atoms with van der Waals surface area (Å²) in [5, 5.41) is 12.0. The van der Waals surface area contributed by atoms with Crippen molar-refractivity contribution in [3.63, 3.8) is 0 Å². The van der Waals surface area contributed by atoms with E-state index in [1.807, 2.05) is 52.0 Å². The predicted octanol–water partition coefficient (Wildman–Crippen LogP) is 3.86. The summed E-state index contributed by atoms with van der Waals surface area (Å²) in [6.07, 6.45) is -0.649. The van der Waals surface area contributed by atoms with E-state index in [9.17, 15) is 9.59 Å². The number of para-hydroxylation sites is 2. The van der Waals surface area contributed by atoms with Crippen LogP contribution in [0.3, 0.4) is 0 Å². The van der Waals surface area contributed by atoms with Crippen LogP contribution in [0, 0.1) is 0 Å². The van der Waals surface area contributed by atoms with Gasteiger partial charge in [-0.1, -0.05) is 24.3 Å². The molecule has 0 aromatic heterocycles. The van der Waals surface area contributed by atoms with Gasteiger partial charge < -0.3 is 40.4 Å². The van der Waals surface area contributed by atoms with Crippen LogP contribution in [0.15, 0.2) is 36.4 Å². The Balaban J connectivity index is 0.000000221. The third kappa shape index (κ3) is 7.97. The molecule has 0 fully saturated rings. The number of carbonyl (C=O) groups excluding carboxylic acids is 2. The molecule has 2 aliphatic rings. The Labute approximate surface area is 209 Å². The average Bonchev–Trinajstić information content (AvgIpc) is 3.28. The zero-order chi connectivity index (χ0) is 27.1. The van der Waals surface area contributed by atoms with Crippen molar-refractivity contribution in [2.45, 2.75) is 51.7 Å². The summed E-state index contributed by atoms with van der Waals surface area (Å²) >= 11 is 0. The third-order valence-corrected chi connectivity index (χ3v) is 4.92. The zero-order valence-electron chi connectivity index (χ0n) is 21.3. The van der Waals surface area contributed by atoms with Crippen LogP contribution in [-0.4, -0.2) is 48.7 Å². The van der Waals surface area contributed by atoms with Gasteiger partial charge in [0.25, 0.3) is 0 Å². The van der Waals surface area contributed by atoms with Crippen LogP contribution in [0.25, 0.3) is 0 Å². The van der Waals surface area contributed by atoms with Crippen molar-refractivity contribution >= 4 is 18.3 Å². The van der Waals surface area contributed by atoms with Crippen molar-refractivity contribution in [1.82, 2.24) is 10.6 Å². The first kappa shape index (κ1) is 28.1. The van der Waals surface area contributed by atoms with Gasteiger partial charge in [0, 0.05) is 38.1 Å². The molecule has 0 saturated heterocycles. The first-order valence-electron chi connectivity index (χ1n) is 11.2. The van der Waals surface area contributed by atoms with Gasteiger partial charge in [-0.3, -0.25) is 0 Å². The lowest BCUT2D eigenvalue weighted by Crippen LogP contribution is -2.25. The highest BCUT2D eigenvalue weighted by atomic mass is 16.6. The fourth-order valence-electron chi connectivity index (χ4n) is 3.64. The van der Waals surface area contributed by atoms with E-state index in [4.69, 9.17) is 28.8 Å². The molecule has 0 atom stereocenters. The molecule has 2 aromatic carbocycles. The number of carboxylic acid groups (broad SMARTS) is 1. The van der Waals surface area contributed by atoms with E-state index in [-0.39, 0.29) is 11.2 Å². The number of carbonyl (C=O) groups is 3. The summed E-state index contributed by atoms with van der Waals surface area (Å²) in [5.74, 6) is 2.30. The number of nitrogens with two attached hydrogens (primary N) is 1. The van der Waals surface area contributed by atoms with E-state index in [0.717, 1.165) is 24.0 Å². The minimum absolute atomic E-state index is 0.232. The van der Waals surface area contributed by atoms with Crippen LogP contribution in [0.2, 0.25) is 0 Å². The number of hydrogen-bond donors (Lipinski definition) is 4. The van der Waals surface area contributed by atoms with Gasteiger partial charge in [0.1, 0.15) is 11.2 Å². The van der Waals surface area contributed by atoms with Gasteiger partial charge in [0.15, 0.2) is 23.0 Å². The highest BCUT2D eigenvalue weighted by Crippen LogP contribution is 2.42. The fourth-order valence-corrected chi connectivity index (χ4v) is 3.64. The standard InChI is InChI=1S/2C12H15NO3.CH3NO2/c2*1-12(2)7-8-5-4-6-9(10(8)16-12)15-11(14)13-3;2-1(3)4/h2*4-6H,7H2,1-3H3,(H,13,14);2H2,(H,3,4). The molecule has 0 spiro atoms. The summed E-state index contributed by atoms with van der Waals surface area (Å²) in [5.41, 5.74) is 5.72. The van der Waals surface area contributed by atoms with Gasteiger partial charge in [-0.05, 0) is 39.8 Å². The van der Waals surface area contributed by atoms with Crippen molar-refractivity contribution in [2.75, 3.05) is 14.1 Å². The molecule has 5 N–H and O–H groups in total. The molecule has 2 aliphatic heterocycles. The van der Waals surface area contributed by atoms with Crippen molar-refractivity contribution in [2.24, 2.45) is 5.73 Å². The summed E-state index contributed by atoms with van der Waals surface area (Å²) in [4.78, 5) is 31.1. The minimum atomic E-state index is -1.33. The Morgan fingerprint density at radius 2 is 1.14 bits per heavy atom. The highest BCUT2D eigenvalue weighted by Gasteiger charge is 2.33. The van der Waals surface area contributed by atoms with Crippen LogP contribution in [0.1, 0.15) is 38.8 Å². The summed E-state index contributed by atoms with van der Waals surface area (Å²) < 4.78 is 21.8. The van der Waals surface area contributed by atoms with E-state index >= 15 is 0 Å². The number of ether oxygens (including phenoxy) is 4. The quantitative estimate of drug-likeness (QED) is 0.481. The maximum absolute atomic E-state index is 11.2. The van der Waals surface area contributed by atoms with Crippen molar-refractivity contribution in [1.29, 1.82) is 0 Å². The normalized spacial score (nSPS) is 15.1. The second-order valence-corrected chi connectivity index (χ2v) is 9.18. The summed E-state index contributed by atoms with van der Waals surface area (Å²) in [6.45, 7) is 8.04. The molecule has 0 saturated carbocycles. The molecular weight excluding hydrogens is 470 g/mol. The topological polar surface area (TPSA) is 158 Å². The van der Waals surface area contributed by atoms with Crippen LogP contribution >= 0.6 is 0 Å². The highest BCUT2D eigenvalue weighted by molar-refractivity contribution is 5.72. The molecule has 36 heavy (non-hydrogen) atoms. The van der Waals surface area contributed by atoms with E-state index in [2.05, 4.69) is 16.4 Å². The number of benzene rings is 2. The summed E-state index contributed by atoms with van der Waals surface area (Å²) in [7, 11) is 3.05. The number of rotatable bonds is 2. The molecule has 2 heterocycles. The van der Waals surface area contributed by atoms with Crippen LogP contribution < -0.4 is 35.3 Å². The molecular formula is C25H33N3O8. The second-order valence-electron chi connectivity index (χ2n) is 9.18. The lowest BCUT2D eigenvalue weighted by Gasteiger charge is -2.17. The predicted molar refractivity (Wildman–Crippen MR) is 132 cm³/mol. The Kier molecular flexibility index (Phi) is 8.99. The fraction of sp³-hybridized carbons (Fsp3) is 0.400. The zero-order valence-corrected chi connectivity index (χ0v) is 21.3. The van der Waals surface area contributed by atoms with Gasteiger partial charge in [0.05, 0.1) is 0 Å². The number of fused-ring (bicyclic) bond motifs is 2. The minimum Gasteiger partial charge on any atom is -0.483 e. The number of nitrogens with one attached hydrogen (secondary N) is 2. The monoisotopic (exact) mass is 503 g/mol. The first-order valence-corrected chi connectivity index (χ1v) is 11.2. The smallest absolute Gasteiger partial charge is 0.412 e. The van der Waals surface area contributed by atoms with Crippen LogP contribution in [0.5, 0.6) is 23.0 Å². The molecule has 11 heteroatoms. The lowest BCUT2D eigenvalue weighted by molar-refractivity contribution is 0.133. The van der Waals surface area contributed by atoms with Crippen LogP contribution in [0.4, 0.5) is 14.4 Å².